The van der Waals surface area contributed by atoms with E-state index in [4.69, 9.17) is 0 Å². The molecule has 0 radical (unpaired) electrons. The van der Waals surface area contributed by atoms with Crippen molar-refractivity contribution >= 4 is 11.8 Å². The van der Waals surface area contributed by atoms with Crippen molar-refractivity contribution in [2.45, 2.75) is 26.3 Å². The van der Waals surface area contributed by atoms with Gasteiger partial charge in [-0.3, -0.25) is 9.59 Å². The van der Waals surface area contributed by atoms with Crippen LogP contribution in [0.25, 0.3) is 5.69 Å². The number of benzene rings is 1. The number of nitrogens with one attached hydrogen (secondary N) is 2. The fourth-order valence-electron chi connectivity index (χ4n) is 2.35. The summed E-state index contributed by atoms with van der Waals surface area (Å²) in [5.74, 6) is 0.479. The smallest absolute Gasteiger partial charge is 0.253 e. The number of amides is 2. The van der Waals surface area contributed by atoms with Crippen LogP contribution in [0, 0.1) is 5.92 Å². The Balaban J connectivity index is 1.76. The maximum Gasteiger partial charge on any atom is 0.253 e. The first kappa shape index (κ1) is 15.3. The first-order valence-corrected chi connectivity index (χ1v) is 7.78. The number of aromatic nitrogens is 2. The van der Waals surface area contributed by atoms with E-state index in [0.29, 0.717) is 18.0 Å². The third kappa shape index (κ3) is 3.97. The fourth-order valence-corrected chi connectivity index (χ4v) is 2.35. The fraction of sp³-hybridized carbons (Fsp3) is 0.353. The molecule has 0 bridgehead atoms. The SMILES string of the molecule is CC(=O)NCc1cn(-c2ccccc2C(=O)NCC2CC2)cn1. The topological polar surface area (TPSA) is 76.0 Å². The van der Waals surface area contributed by atoms with Gasteiger partial charge in [0.05, 0.1) is 29.8 Å². The molecule has 120 valence electrons. The Kier molecular flexibility index (Phi) is 4.41. The number of hydrogen-bond acceptors (Lipinski definition) is 3. The second-order valence-electron chi connectivity index (χ2n) is 5.85. The molecular weight excluding hydrogens is 292 g/mol. The van der Waals surface area contributed by atoms with Crippen molar-refractivity contribution in [2.75, 3.05) is 6.54 Å². The Labute approximate surface area is 134 Å². The van der Waals surface area contributed by atoms with Crippen LogP contribution in [-0.2, 0) is 11.3 Å². The van der Waals surface area contributed by atoms with Crippen LogP contribution < -0.4 is 10.6 Å². The summed E-state index contributed by atoms with van der Waals surface area (Å²) in [7, 11) is 0. The average Bonchev–Trinajstić information content (AvgIpc) is 3.26. The quantitative estimate of drug-likeness (QED) is 0.851. The molecule has 6 heteroatoms. The van der Waals surface area contributed by atoms with Gasteiger partial charge in [-0.15, -0.1) is 0 Å². The lowest BCUT2D eigenvalue weighted by molar-refractivity contribution is -0.119. The van der Waals surface area contributed by atoms with E-state index in [2.05, 4.69) is 15.6 Å². The zero-order valence-corrected chi connectivity index (χ0v) is 13.1. The van der Waals surface area contributed by atoms with Gasteiger partial charge in [0.15, 0.2) is 0 Å². The predicted octanol–water partition coefficient (Wildman–Crippen LogP) is 1.65. The van der Waals surface area contributed by atoms with Gasteiger partial charge in [-0.1, -0.05) is 12.1 Å². The largest absolute Gasteiger partial charge is 0.352 e. The van der Waals surface area contributed by atoms with Crippen LogP contribution in [0.1, 0.15) is 35.8 Å². The summed E-state index contributed by atoms with van der Waals surface area (Å²) in [6.07, 6.45) is 5.89. The van der Waals surface area contributed by atoms with Crippen molar-refractivity contribution in [3.8, 4) is 5.69 Å². The molecular formula is C17H20N4O2. The minimum absolute atomic E-state index is 0.0652. The van der Waals surface area contributed by atoms with Gasteiger partial charge >= 0.3 is 0 Å². The van der Waals surface area contributed by atoms with E-state index in [1.54, 1.807) is 6.33 Å². The molecule has 0 spiro atoms. The van der Waals surface area contributed by atoms with Crippen LogP contribution >= 0.6 is 0 Å². The number of carbonyl (C=O) groups excluding carboxylic acids is 2. The van der Waals surface area contributed by atoms with Crippen LogP contribution in [0.5, 0.6) is 0 Å². The van der Waals surface area contributed by atoms with Crippen LogP contribution in [-0.4, -0.2) is 27.9 Å². The van der Waals surface area contributed by atoms with Gasteiger partial charge in [0.2, 0.25) is 5.91 Å². The molecule has 1 heterocycles. The van der Waals surface area contributed by atoms with Gasteiger partial charge in [0.25, 0.3) is 5.91 Å². The highest BCUT2D eigenvalue weighted by molar-refractivity contribution is 5.97. The molecule has 1 aromatic carbocycles. The molecule has 6 nitrogen and oxygen atoms in total. The lowest BCUT2D eigenvalue weighted by Crippen LogP contribution is -2.26. The number of nitrogens with zero attached hydrogens (tertiary/aromatic N) is 2. The normalized spacial score (nSPS) is 13.6. The zero-order valence-electron chi connectivity index (χ0n) is 13.1. The molecule has 2 aromatic rings. The number of rotatable bonds is 6. The average molecular weight is 312 g/mol. The van der Waals surface area contributed by atoms with Crippen molar-refractivity contribution in [2.24, 2.45) is 5.92 Å². The zero-order chi connectivity index (χ0) is 16.2. The highest BCUT2D eigenvalue weighted by atomic mass is 16.2. The Bertz CT molecular complexity index is 719. The molecule has 1 aromatic heterocycles. The summed E-state index contributed by atoms with van der Waals surface area (Å²) in [6, 6.07) is 7.44. The van der Waals surface area contributed by atoms with Gasteiger partial charge in [-0.25, -0.2) is 4.98 Å². The molecule has 1 aliphatic carbocycles. The lowest BCUT2D eigenvalue weighted by atomic mass is 10.1. The molecule has 0 atom stereocenters. The summed E-state index contributed by atoms with van der Waals surface area (Å²) in [6.45, 7) is 2.58. The second-order valence-corrected chi connectivity index (χ2v) is 5.85. The Hall–Kier alpha value is -2.63. The summed E-state index contributed by atoms with van der Waals surface area (Å²) in [5, 5.41) is 5.70. The molecule has 3 rings (SSSR count). The van der Waals surface area contributed by atoms with Crippen LogP contribution in [0.2, 0.25) is 0 Å². The van der Waals surface area contributed by atoms with E-state index >= 15 is 0 Å². The van der Waals surface area contributed by atoms with E-state index in [-0.39, 0.29) is 11.8 Å². The van der Waals surface area contributed by atoms with Crippen LogP contribution in [0.15, 0.2) is 36.8 Å². The van der Waals surface area contributed by atoms with E-state index in [0.717, 1.165) is 17.9 Å². The Morgan fingerprint density at radius 1 is 1.26 bits per heavy atom. The van der Waals surface area contributed by atoms with Crippen molar-refractivity contribution in [3.63, 3.8) is 0 Å². The molecule has 0 aliphatic heterocycles. The van der Waals surface area contributed by atoms with Gasteiger partial charge in [0, 0.05) is 19.7 Å². The maximum atomic E-state index is 12.4. The molecule has 2 amide bonds. The van der Waals surface area contributed by atoms with Gasteiger partial charge in [0.1, 0.15) is 0 Å². The Morgan fingerprint density at radius 3 is 2.78 bits per heavy atom. The number of para-hydroxylation sites is 1. The van der Waals surface area contributed by atoms with Crippen LogP contribution in [0.3, 0.4) is 0 Å². The van der Waals surface area contributed by atoms with Crippen molar-refractivity contribution in [3.05, 3.63) is 48.0 Å². The molecule has 0 saturated heterocycles. The highest BCUT2D eigenvalue weighted by Crippen LogP contribution is 2.27. The van der Waals surface area contributed by atoms with Crippen LogP contribution in [0.4, 0.5) is 0 Å². The third-order valence-electron chi connectivity index (χ3n) is 3.83. The molecule has 23 heavy (non-hydrogen) atoms. The first-order valence-electron chi connectivity index (χ1n) is 7.78. The molecule has 1 fully saturated rings. The molecule has 2 N–H and O–H groups in total. The number of carbonyl (C=O) groups is 2. The van der Waals surface area contributed by atoms with E-state index in [1.807, 2.05) is 35.0 Å². The molecule has 1 saturated carbocycles. The second kappa shape index (κ2) is 6.64. The van der Waals surface area contributed by atoms with Crippen molar-refractivity contribution in [1.82, 2.24) is 20.2 Å². The summed E-state index contributed by atoms with van der Waals surface area (Å²) in [5.41, 5.74) is 2.15. The summed E-state index contributed by atoms with van der Waals surface area (Å²) in [4.78, 5) is 27.6. The van der Waals surface area contributed by atoms with E-state index in [9.17, 15) is 9.59 Å². The Morgan fingerprint density at radius 2 is 2.04 bits per heavy atom. The minimum atomic E-state index is -0.0978. The third-order valence-corrected chi connectivity index (χ3v) is 3.83. The summed E-state index contributed by atoms with van der Waals surface area (Å²) < 4.78 is 1.81. The van der Waals surface area contributed by atoms with Gasteiger partial charge in [-0.05, 0) is 30.9 Å². The van der Waals surface area contributed by atoms with Crippen molar-refractivity contribution < 1.29 is 9.59 Å². The minimum Gasteiger partial charge on any atom is -0.352 e. The monoisotopic (exact) mass is 312 g/mol. The van der Waals surface area contributed by atoms with Gasteiger partial charge < -0.3 is 15.2 Å². The maximum absolute atomic E-state index is 12.4. The van der Waals surface area contributed by atoms with E-state index < -0.39 is 0 Å². The number of imidazole rings is 1. The van der Waals surface area contributed by atoms with Gasteiger partial charge in [-0.2, -0.15) is 0 Å². The predicted molar refractivity (Wildman–Crippen MR) is 86.1 cm³/mol. The molecule has 0 unspecified atom stereocenters. The first-order chi connectivity index (χ1) is 11.1. The standard InChI is InChI=1S/C17H20N4O2/c1-12(22)18-9-14-10-21(11-20-14)16-5-3-2-4-15(16)17(23)19-8-13-6-7-13/h2-5,10-11,13H,6-9H2,1H3,(H,18,22)(H,19,23). The van der Waals surface area contributed by atoms with E-state index in [1.165, 1.54) is 19.8 Å². The lowest BCUT2D eigenvalue weighted by Gasteiger charge is -2.10. The summed E-state index contributed by atoms with van der Waals surface area (Å²) >= 11 is 0. The molecule has 1 aliphatic rings. The number of hydrogen-bond donors (Lipinski definition) is 2. The van der Waals surface area contributed by atoms with Crippen molar-refractivity contribution in [1.29, 1.82) is 0 Å². The highest BCUT2D eigenvalue weighted by Gasteiger charge is 2.22.